The van der Waals surface area contributed by atoms with Gasteiger partial charge in [0.15, 0.2) is 0 Å². The molecule has 0 bridgehead atoms. The first-order valence-electron chi connectivity index (χ1n) is 13.7. The summed E-state index contributed by atoms with van der Waals surface area (Å²) in [4.78, 5) is 17.9. The number of hydrogen-bond acceptors (Lipinski definition) is 6. The number of aliphatic imine (C=N–C) groups is 1. The van der Waals surface area contributed by atoms with Gasteiger partial charge in [-0.3, -0.25) is 14.3 Å². The van der Waals surface area contributed by atoms with Gasteiger partial charge in [0.25, 0.3) is 10.1 Å². The molecule has 1 unspecified atom stereocenters. The highest BCUT2D eigenvalue weighted by Gasteiger charge is 2.38. The molecule has 9 heteroatoms. The Kier molecular flexibility index (Phi) is 8.34. The van der Waals surface area contributed by atoms with Gasteiger partial charge in [0.2, 0.25) is 0 Å². The Labute approximate surface area is 242 Å². The number of ether oxygens (including phenoxy) is 1. The predicted octanol–water partition coefficient (Wildman–Crippen LogP) is 6.95. The van der Waals surface area contributed by atoms with Crippen molar-refractivity contribution in [3.8, 4) is 5.75 Å². The third-order valence-electron chi connectivity index (χ3n) is 7.70. The van der Waals surface area contributed by atoms with Crippen LogP contribution in [0.25, 0.3) is 5.57 Å². The van der Waals surface area contributed by atoms with Crippen molar-refractivity contribution in [1.82, 2.24) is 0 Å². The summed E-state index contributed by atoms with van der Waals surface area (Å²) in [5.74, 6) is 0.740. The van der Waals surface area contributed by atoms with E-state index in [1.807, 2.05) is 38.3 Å². The van der Waals surface area contributed by atoms with Crippen LogP contribution in [0.3, 0.4) is 0 Å². The summed E-state index contributed by atoms with van der Waals surface area (Å²) in [6.07, 6.45) is 8.66. The summed E-state index contributed by atoms with van der Waals surface area (Å²) >= 11 is 0. The van der Waals surface area contributed by atoms with Gasteiger partial charge in [-0.05, 0) is 80.3 Å². The number of carboxylic acids is 1. The van der Waals surface area contributed by atoms with Crippen molar-refractivity contribution < 1.29 is 27.6 Å². The van der Waals surface area contributed by atoms with Gasteiger partial charge in [-0.25, -0.2) is 0 Å². The number of fused-ring (bicyclic) bond motifs is 2. The molecule has 4 rings (SSSR count). The molecular formula is C32H38N2O6S. The lowest BCUT2D eigenvalue weighted by Gasteiger charge is -2.29. The molecule has 0 saturated heterocycles. The van der Waals surface area contributed by atoms with E-state index < -0.39 is 21.5 Å². The molecule has 2 aromatic carbocycles. The molecule has 0 spiro atoms. The molecular weight excluding hydrogens is 540 g/mol. The first-order chi connectivity index (χ1) is 19.1. The second-order valence-corrected chi connectivity index (χ2v) is 13.2. The Morgan fingerprint density at radius 1 is 1.17 bits per heavy atom. The van der Waals surface area contributed by atoms with E-state index in [1.165, 1.54) is 12.1 Å². The lowest BCUT2D eigenvalue weighted by Crippen LogP contribution is -2.28. The van der Waals surface area contributed by atoms with Crippen molar-refractivity contribution in [2.24, 2.45) is 10.4 Å². The minimum atomic E-state index is -4.41. The molecule has 2 N–H and O–H groups in total. The molecule has 2 aliphatic heterocycles. The van der Waals surface area contributed by atoms with Crippen LogP contribution in [0.15, 0.2) is 76.3 Å². The van der Waals surface area contributed by atoms with Crippen LogP contribution in [0, 0.1) is 5.41 Å². The van der Waals surface area contributed by atoms with E-state index in [-0.39, 0.29) is 16.7 Å². The Hall–Kier alpha value is -3.69. The maximum Gasteiger partial charge on any atom is 0.303 e. The third kappa shape index (κ3) is 6.47. The summed E-state index contributed by atoms with van der Waals surface area (Å²) in [6, 6.07) is 10.5. The van der Waals surface area contributed by atoms with Crippen LogP contribution in [0.5, 0.6) is 5.75 Å². The fourth-order valence-electron chi connectivity index (χ4n) is 5.05. The molecule has 0 aliphatic carbocycles. The average molecular weight is 579 g/mol. The molecule has 0 fully saturated rings. The summed E-state index contributed by atoms with van der Waals surface area (Å²) in [6.45, 7) is 11.2. The minimum absolute atomic E-state index is 0.0175. The summed E-state index contributed by atoms with van der Waals surface area (Å²) in [7, 11) is -2.37. The summed E-state index contributed by atoms with van der Waals surface area (Å²) in [5, 5.41) is 9.21. The highest BCUT2D eigenvalue weighted by Crippen LogP contribution is 2.45. The quantitative estimate of drug-likeness (QED) is 0.309. The Morgan fingerprint density at radius 2 is 1.90 bits per heavy atom. The predicted molar refractivity (Wildman–Crippen MR) is 163 cm³/mol. The molecule has 2 aliphatic rings. The molecule has 0 saturated carbocycles. The molecule has 0 radical (unpaired) electrons. The zero-order valence-corrected chi connectivity index (χ0v) is 25.2. The largest absolute Gasteiger partial charge is 0.481 e. The van der Waals surface area contributed by atoms with Crippen LogP contribution in [-0.2, 0) is 20.3 Å². The Balaban J connectivity index is 1.74. The monoisotopic (exact) mass is 578 g/mol. The zero-order chi connectivity index (χ0) is 30.2. The van der Waals surface area contributed by atoms with Gasteiger partial charge in [0.1, 0.15) is 11.5 Å². The molecule has 2 aromatic rings. The molecule has 218 valence electrons. The van der Waals surface area contributed by atoms with Crippen LogP contribution in [0.4, 0.5) is 11.4 Å². The second-order valence-electron chi connectivity index (χ2n) is 11.8. The molecule has 2 heterocycles. The topological polar surface area (TPSA) is 117 Å². The third-order valence-corrected chi connectivity index (χ3v) is 8.55. The van der Waals surface area contributed by atoms with Crippen LogP contribution in [0.2, 0.25) is 0 Å². The molecule has 1 atom stereocenters. The van der Waals surface area contributed by atoms with Crippen molar-refractivity contribution in [3.63, 3.8) is 0 Å². The molecule has 8 nitrogen and oxygen atoms in total. The first kappa shape index (κ1) is 30.3. The number of aliphatic carboxylic acids is 1. The standard InChI is InChI=1S/C32H38N2O6S/c1-7-34(6)22-13-15-24-21(18-29(31(2,3)4)40-27(24)19-22)10-8-11-28-32(5,17-9-12-30(35)36)25-20-23(41(37,38)39)14-16-26(25)33-28/h8,10-11,13-16,18-20H,7,9,12,17H2,1-6H3,(H,35,36)(H,37,38,39). The van der Waals surface area contributed by atoms with E-state index in [1.54, 1.807) is 6.07 Å². The zero-order valence-electron chi connectivity index (χ0n) is 24.4. The van der Waals surface area contributed by atoms with E-state index in [4.69, 9.17) is 9.73 Å². The average Bonchev–Trinajstić information content (AvgIpc) is 3.17. The number of carbonyl (C=O) groups is 1. The maximum absolute atomic E-state index is 11.8. The normalized spacial score (nSPS) is 19.4. The van der Waals surface area contributed by atoms with E-state index >= 15 is 0 Å². The van der Waals surface area contributed by atoms with Crippen molar-refractivity contribution >= 4 is 38.7 Å². The Bertz CT molecular complexity index is 1590. The van der Waals surface area contributed by atoms with Crippen molar-refractivity contribution in [2.45, 2.75) is 64.2 Å². The molecule has 41 heavy (non-hydrogen) atoms. The highest BCUT2D eigenvalue weighted by atomic mass is 32.2. The fourth-order valence-corrected chi connectivity index (χ4v) is 5.56. The van der Waals surface area contributed by atoms with Gasteiger partial charge < -0.3 is 14.7 Å². The van der Waals surface area contributed by atoms with Gasteiger partial charge in [-0.15, -0.1) is 0 Å². The first-order valence-corrected chi connectivity index (χ1v) is 15.1. The number of hydrogen-bond donors (Lipinski definition) is 2. The number of anilines is 1. The van der Waals surface area contributed by atoms with Crippen molar-refractivity contribution in [2.75, 3.05) is 18.5 Å². The molecule has 0 aromatic heterocycles. The summed E-state index contributed by atoms with van der Waals surface area (Å²) in [5.41, 5.74) is 4.00. The SMILES string of the molecule is CCN(C)c1ccc2c(c1)OC(C(C)(C)C)=CC2=CC=CC1=Nc2ccc(S(=O)(=O)O)cc2C1(C)CCCC(=O)O. The number of carboxylic acid groups (broad SMARTS) is 1. The fraction of sp³-hybridized carbons (Fsp3) is 0.375. The van der Waals surface area contributed by atoms with Gasteiger partial charge in [0.05, 0.1) is 16.3 Å². The van der Waals surface area contributed by atoms with E-state index in [0.717, 1.165) is 34.9 Å². The van der Waals surface area contributed by atoms with Crippen LogP contribution in [0.1, 0.15) is 65.0 Å². The van der Waals surface area contributed by atoms with Gasteiger partial charge >= 0.3 is 5.97 Å². The summed E-state index contributed by atoms with van der Waals surface area (Å²) < 4.78 is 39.7. The van der Waals surface area contributed by atoms with Crippen LogP contribution >= 0.6 is 0 Å². The van der Waals surface area contributed by atoms with Crippen LogP contribution < -0.4 is 9.64 Å². The number of allylic oxidation sites excluding steroid dienone is 6. The number of nitrogens with zero attached hydrogens (tertiary/aromatic N) is 2. The van der Waals surface area contributed by atoms with Gasteiger partial charge in [-0.2, -0.15) is 8.42 Å². The van der Waals surface area contributed by atoms with Crippen molar-refractivity contribution in [1.29, 1.82) is 0 Å². The Morgan fingerprint density at radius 3 is 2.54 bits per heavy atom. The van der Waals surface area contributed by atoms with E-state index in [2.05, 4.69) is 50.8 Å². The van der Waals surface area contributed by atoms with E-state index in [9.17, 15) is 22.9 Å². The second kappa shape index (κ2) is 11.3. The van der Waals surface area contributed by atoms with Gasteiger partial charge in [-0.1, -0.05) is 32.9 Å². The smallest absolute Gasteiger partial charge is 0.303 e. The minimum Gasteiger partial charge on any atom is -0.481 e. The lowest BCUT2D eigenvalue weighted by atomic mass is 9.75. The van der Waals surface area contributed by atoms with Gasteiger partial charge in [0, 0.05) is 48.2 Å². The maximum atomic E-state index is 11.8. The number of benzene rings is 2. The van der Waals surface area contributed by atoms with E-state index in [0.29, 0.717) is 29.8 Å². The number of rotatable bonds is 9. The van der Waals surface area contributed by atoms with Crippen molar-refractivity contribution in [3.05, 3.63) is 77.6 Å². The highest BCUT2D eigenvalue weighted by molar-refractivity contribution is 7.85. The van der Waals surface area contributed by atoms with Crippen LogP contribution in [-0.4, -0.2) is 43.4 Å². The molecule has 0 amide bonds. The lowest BCUT2D eigenvalue weighted by molar-refractivity contribution is -0.137.